The monoisotopic (exact) mass is 248 g/mol. The number of carbonyl (C=O) groups excluding carboxylic acids is 1. The Bertz CT molecular complexity index is 551. The molecule has 0 saturated carbocycles. The van der Waals surface area contributed by atoms with Crippen LogP contribution in [0.1, 0.15) is 21.8 Å². The first-order chi connectivity index (χ1) is 8.65. The van der Waals surface area contributed by atoms with Gasteiger partial charge in [-0.3, -0.25) is 4.79 Å². The Morgan fingerprint density at radius 1 is 1.44 bits per heavy atom. The number of halogens is 1. The zero-order chi connectivity index (χ0) is 13.0. The van der Waals surface area contributed by atoms with Crippen molar-refractivity contribution >= 4 is 5.91 Å². The topological polar surface area (TPSA) is 55.1 Å². The van der Waals surface area contributed by atoms with Crippen molar-refractivity contribution in [3.63, 3.8) is 0 Å². The van der Waals surface area contributed by atoms with Gasteiger partial charge in [0.05, 0.1) is 5.69 Å². The van der Waals surface area contributed by atoms with Gasteiger partial charge in [0.1, 0.15) is 11.6 Å². The molecule has 0 unspecified atom stereocenters. The molecule has 0 aliphatic rings. The largest absolute Gasteiger partial charge is 0.361 e. The normalized spacial score (nSPS) is 10.3. The van der Waals surface area contributed by atoms with Crippen LogP contribution in [0.4, 0.5) is 4.39 Å². The summed E-state index contributed by atoms with van der Waals surface area (Å²) in [7, 11) is 0. The molecule has 4 nitrogen and oxygen atoms in total. The predicted molar refractivity (Wildman–Crippen MR) is 63.7 cm³/mol. The van der Waals surface area contributed by atoms with Gasteiger partial charge in [-0.2, -0.15) is 0 Å². The number of aromatic nitrogens is 1. The number of carbonyl (C=O) groups is 1. The molecule has 0 atom stereocenters. The molecule has 18 heavy (non-hydrogen) atoms. The van der Waals surface area contributed by atoms with Crippen molar-refractivity contribution in [3.05, 3.63) is 53.2 Å². The fourth-order valence-corrected chi connectivity index (χ4v) is 1.57. The third kappa shape index (κ3) is 3.16. The molecule has 0 spiro atoms. The summed E-state index contributed by atoms with van der Waals surface area (Å²) in [6, 6.07) is 7.39. The molecule has 0 saturated heterocycles. The van der Waals surface area contributed by atoms with E-state index in [1.165, 1.54) is 18.2 Å². The lowest BCUT2D eigenvalue weighted by Crippen LogP contribution is -2.25. The second-order valence-electron chi connectivity index (χ2n) is 3.95. The number of hydrogen-bond acceptors (Lipinski definition) is 3. The van der Waals surface area contributed by atoms with Crippen molar-refractivity contribution in [2.45, 2.75) is 13.3 Å². The highest BCUT2D eigenvalue weighted by atomic mass is 19.1. The van der Waals surface area contributed by atoms with Gasteiger partial charge in [-0.25, -0.2) is 4.39 Å². The smallest absolute Gasteiger partial charge is 0.251 e. The molecule has 94 valence electrons. The maximum absolute atomic E-state index is 12.9. The van der Waals surface area contributed by atoms with E-state index in [1.54, 1.807) is 6.07 Å². The van der Waals surface area contributed by atoms with Crippen LogP contribution >= 0.6 is 0 Å². The molecule has 0 aliphatic heterocycles. The van der Waals surface area contributed by atoms with Gasteiger partial charge >= 0.3 is 0 Å². The highest BCUT2D eigenvalue weighted by Crippen LogP contribution is 2.04. The Kier molecular flexibility index (Phi) is 3.72. The van der Waals surface area contributed by atoms with E-state index in [-0.39, 0.29) is 5.91 Å². The highest BCUT2D eigenvalue weighted by Gasteiger charge is 2.06. The summed E-state index contributed by atoms with van der Waals surface area (Å²) in [5.74, 6) is -0.00807. The second-order valence-corrected chi connectivity index (χ2v) is 3.95. The van der Waals surface area contributed by atoms with Crippen LogP contribution in [-0.4, -0.2) is 17.6 Å². The van der Waals surface area contributed by atoms with Crippen LogP contribution in [0.25, 0.3) is 0 Å². The number of amides is 1. The van der Waals surface area contributed by atoms with Crippen molar-refractivity contribution in [2.24, 2.45) is 0 Å². The number of nitrogens with one attached hydrogen (secondary N) is 1. The van der Waals surface area contributed by atoms with Crippen LogP contribution in [0.3, 0.4) is 0 Å². The standard InChI is InChI=1S/C13H13FN2O2/c1-9-7-12(18-16-9)5-6-15-13(17)10-3-2-4-11(14)8-10/h2-4,7-8H,5-6H2,1H3,(H,15,17). The minimum absolute atomic E-state index is 0.300. The Balaban J connectivity index is 1.85. The van der Waals surface area contributed by atoms with Gasteiger partial charge in [-0.1, -0.05) is 11.2 Å². The van der Waals surface area contributed by atoms with Crippen molar-refractivity contribution in [1.82, 2.24) is 10.5 Å². The van der Waals surface area contributed by atoms with Gasteiger partial charge in [-0.05, 0) is 25.1 Å². The fraction of sp³-hybridized carbons (Fsp3) is 0.231. The summed E-state index contributed by atoms with van der Waals surface area (Å²) in [5.41, 5.74) is 1.12. The van der Waals surface area contributed by atoms with Crippen molar-refractivity contribution in [1.29, 1.82) is 0 Å². The number of nitrogens with zero attached hydrogens (tertiary/aromatic N) is 1. The maximum Gasteiger partial charge on any atom is 0.251 e. The van der Waals surface area contributed by atoms with Crippen LogP contribution in [-0.2, 0) is 6.42 Å². The molecule has 0 radical (unpaired) electrons. The van der Waals surface area contributed by atoms with Crippen molar-refractivity contribution in [2.75, 3.05) is 6.54 Å². The molecule has 2 rings (SSSR count). The molecule has 2 aromatic rings. The molecular formula is C13H13FN2O2. The molecule has 1 heterocycles. The number of rotatable bonds is 4. The van der Waals surface area contributed by atoms with Crippen molar-refractivity contribution in [3.8, 4) is 0 Å². The molecule has 0 fully saturated rings. The zero-order valence-electron chi connectivity index (χ0n) is 9.94. The number of benzene rings is 1. The molecule has 5 heteroatoms. The van der Waals surface area contributed by atoms with Crippen LogP contribution in [0, 0.1) is 12.7 Å². The summed E-state index contributed by atoms with van der Waals surface area (Å²) in [5, 5.41) is 6.44. The van der Waals surface area contributed by atoms with E-state index in [1.807, 2.05) is 13.0 Å². The van der Waals surface area contributed by atoms with Gasteiger partial charge in [0.2, 0.25) is 0 Å². The SMILES string of the molecule is Cc1cc(CCNC(=O)c2cccc(F)c2)on1. The van der Waals surface area contributed by atoms with E-state index in [9.17, 15) is 9.18 Å². The quantitative estimate of drug-likeness (QED) is 0.901. The average molecular weight is 248 g/mol. The number of hydrogen-bond donors (Lipinski definition) is 1. The van der Waals surface area contributed by atoms with Gasteiger partial charge in [-0.15, -0.1) is 0 Å². The van der Waals surface area contributed by atoms with Gasteiger partial charge in [0.25, 0.3) is 5.91 Å². The number of aryl methyl sites for hydroxylation is 1. The van der Waals surface area contributed by atoms with Crippen LogP contribution in [0.5, 0.6) is 0 Å². The highest BCUT2D eigenvalue weighted by molar-refractivity contribution is 5.94. The first-order valence-electron chi connectivity index (χ1n) is 5.61. The lowest BCUT2D eigenvalue weighted by atomic mass is 10.2. The van der Waals surface area contributed by atoms with E-state index in [2.05, 4.69) is 10.5 Å². The Morgan fingerprint density at radius 3 is 2.94 bits per heavy atom. The van der Waals surface area contributed by atoms with Crippen LogP contribution in [0.2, 0.25) is 0 Å². The Morgan fingerprint density at radius 2 is 2.28 bits per heavy atom. The first kappa shape index (κ1) is 12.3. The minimum Gasteiger partial charge on any atom is -0.361 e. The van der Waals surface area contributed by atoms with E-state index in [0.29, 0.717) is 24.3 Å². The lowest BCUT2D eigenvalue weighted by Gasteiger charge is -2.03. The lowest BCUT2D eigenvalue weighted by molar-refractivity contribution is 0.0953. The minimum atomic E-state index is -0.423. The van der Waals surface area contributed by atoms with Crippen LogP contribution in [0.15, 0.2) is 34.9 Å². The van der Waals surface area contributed by atoms with E-state index < -0.39 is 5.82 Å². The van der Waals surface area contributed by atoms with E-state index >= 15 is 0 Å². The molecular weight excluding hydrogens is 235 g/mol. The summed E-state index contributed by atoms with van der Waals surface area (Å²) < 4.78 is 17.9. The summed E-state index contributed by atoms with van der Waals surface area (Å²) >= 11 is 0. The Labute approximate surface area is 104 Å². The molecule has 1 aromatic heterocycles. The average Bonchev–Trinajstić information content (AvgIpc) is 2.75. The Hall–Kier alpha value is -2.17. The molecule has 0 bridgehead atoms. The second kappa shape index (κ2) is 5.44. The van der Waals surface area contributed by atoms with Gasteiger partial charge < -0.3 is 9.84 Å². The molecule has 1 amide bonds. The summed E-state index contributed by atoms with van der Waals surface area (Å²) in [6.45, 7) is 2.25. The van der Waals surface area contributed by atoms with E-state index in [0.717, 1.165) is 5.69 Å². The third-order valence-corrected chi connectivity index (χ3v) is 2.42. The maximum atomic E-state index is 12.9. The predicted octanol–water partition coefficient (Wildman–Crippen LogP) is 2.09. The van der Waals surface area contributed by atoms with Crippen LogP contribution < -0.4 is 5.32 Å². The zero-order valence-corrected chi connectivity index (χ0v) is 9.94. The van der Waals surface area contributed by atoms with Gasteiger partial charge in [0, 0.05) is 24.6 Å². The molecule has 0 aliphatic carbocycles. The van der Waals surface area contributed by atoms with Crippen molar-refractivity contribution < 1.29 is 13.7 Å². The van der Waals surface area contributed by atoms with Gasteiger partial charge in [0.15, 0.2) is 0 Å². The third-order valence-electron chi connectivity index (χ3n) is 2.42. The van der Waals surface area contributed by atoms with E-state index in [4.69, 9.17) is 4.52 Å². The first-order valence-corrected chi connectivity index (χ1v) is 5.61. The summed E-state index contributed by atoms with van der Waals surface area (Å²) in [4.78, 5) is 11.7. The fourth-order valence-electron chi connectivity index (χ4n) is 1.57. The summed E-state index contributed by atoms with van der Waals surface area (Å²) in [6.07, 6.45) is 0.557. The molecule has 1 aromatic carbocycles. The molecule has 1 N–H and O–H groups in total.